The molecule has 2 heterocycles. The van der Waals surface area contributed by atoms with Gasteiger partial charge in [0, 0.05) is 31.2 Å². The molecule has 0 saturated heterocycles. The number of pyridine rings is 1. The fourth-order valence-electron chi connectivity index (χ4n) is 2.40. The van der Waals surface area contributed by atoms with E-state index < -0.39 is 11.9 Å². The number of carbonyl (C=O) groups is 2. The molecule has 1 aliphatic rings. The summed E-state index contributed by atoms with van der Waals surface area (Å²) in [5.41, 5.74) is 1.05. The maximum atomic E-state index is 12.7. The SMILES string of the molecule is CC(CN(C(=O)c1cc(-n2cccn2)ccn1)C1CC1)C(=O)O. The van der Waals surface area contributed by atoms with Crippen LogP contribution in [0.15, 0.2) is 36.8 Å². The Morgan fingerprint density at radius 2 is 2.22 bits per heavy atom. The Balaban J connectivity index is 1.83. The van der Waals surface area contributed by atoms with Crippen LogP contribution in [-0.2, 0) is 4.79 Å². The first-order valence-corrected chi connectivity index (χ1v) is 7.56. The summed E-state index contributed by atoms with van der Waals surface area (Å²) in [4.78, 5) is 29.6. The summed E-state index contributed by atoms with van der Waals surface area (Å²) in [5.74, 6) is -1.73. The van der Waals surface area contributed by atoms with Gasteiger partial charge in [0.05, 0.1) is 11.6 Å². The van der Waals surface area contributed by atoms with Crippen molar-refractivity contribution >= 4 is 11.9 Å². The Morgan fingerprint density at radius 3 is 2.83 bits per heavy atom. The lowest BCUT2D eigenvalue weighted by Gasteiger charge is -2.24. The van der Waals surface area contributed by atoms with Gasteiger partial charge in [-0.05, 0) is 31.0 Å². The molecule has 7 nitrogen and oxygen atoms in total. The van der Waals surface area contributed by atoms with Crippen LogP contribution >= 0.6 is 0 Å². The molecular formula is C16H18N4O3. The Kier molecular flexibility index (Phi) is 4.10. The number of rotatable bonds is 6. The molecule has 1 N–H and O–H groups in total. The highest BCUT2D eigenvalue weighted by molar-refractivity contribution is 5.93. The van der Waals surface area contributed by atoms with Crippen LogP contribution in [0.5, 0.6) is 0 Å². The topological polar surface area (TPSA) is 88.3 Å². The fourth-order valence-corrected chi connectivity index (χ4v) is 2.40. The van der Waals surface area contributed by atoms with Gasteiger partial charge >= 0.3 is 5.97 Å². The van der Waals surface area contributed by atoms with E-state index in [1.165, 1.54) is 0 Å². The van der Waals surface area contributed by atoms with Gasteiger partial charge in [0.15, 0.2) is 0 Å². The number of hydrogen-bond donors (Lipinski definition) is 1. The van der Waals surface area contributed by atoms with Crippen LogP contribution in [0.2, 0.25) is 0 Å². The first-order valence-electron chi connectivity index (χ1n) is 7.56. The second-order valence-electron chi connectivity index (χ2n) is 5.78. The zero-order valence-corrected chi connectivity index (χ0v) is 12.8. The molecule has 1 atom stereocenters. The third kappa shape index (κ3) is 3.39. The number of hydrogen-bond acceptors (Lipinski definition) is 4. The average Bonchev–Trinajstić information content (AvgIpc) is 3.24. The predicted molar refractivity (Wildman–Crippen MR) is 82.2 cm³/mol. The largest absolute Gasteiger partial charge is 0.481 e. The Morgan fingerprint density at radius 1 is 1.43 bits per heavy atom. The van der Waals surface area contributed by atoms with E-state index in [4.69, 9.17) is 5.11 Å². The smallest absolute Gasteiger partial charge is 0.308 e. The zero-order chi connectivity index (χ0) is 16.4. The number of carbonyl (C=O) groups excluding carboxylic acids is 1. The second kappa shape index (κ2) is 6.20. The number of carboxylic acid groups (broad SMARTS) is 1. The molecule has 0 aliphatic heterocycles. The van der Waals surface area contributed by atoms with Crippen LogP contribution in [0.25, 0.3) is 5.69 Å². The van der Waals surface area contributed by atoms with Crippen molar-refractivity contribution in [2.45, 2.75) is 25.8 Å². The molecule has 0 radical (unpaired) electrons. The third-order valence-electron chi connectivity index (χ3n) is 3.87. The molecule has 2 aromatic rings. The molecule has 3 rings (SSSR count). The maximum absolute atomic E-state index is 12.7. The van der Waals surface area contributed by atoms with E-state index in [2.05, 4.69) is 10.1 Å². The molecule has 23 heavy (non-hydrogen) atoms. The number of aliphatic carboxylic acids is 1. The van der Waals surface area contributed by atoms with Crippen molar-refractivity contribution in [3.63, 3.8) is 0 Å². The molecule has 0 spiro atoms. The van der Waals surface area contributed by atoms with Gasteiger partial charge in [-0.3, -0.25) is 14.6 Å². The van der Waals surface area contributed by atoms with Crippen LogP contribution < -0.4 is 0 Å². The minimum atomic E-state index is -0.901. The van der Waals surface area contributed by atoms with Crippen molar-refractivity contribution in [3.05, 3.63) is 42.5 Å². The highest BCUT2D eigenvalue weighted by Gasteiger charge is 2.35. The highest BCUT2D eigenvalue weighted by atomic mass is 16.4. The molecular weight excluding hydrogens is 296 g/mol. The standard InChI is InChI=1S/C16H18N4O3/c1-11(16(22)23)10-19(12-3-4-12)15(21)14-9-13(5-7-17-14)20-8-2-6-18-20/h2,5-9,11-12H,3-4,10H2,1H3,(H,22,23). The Bertz CT molecular complexity index is 710. The highest BCUT2D eigenvalue weighted by Crippen LogP contribution is 2.29. The van der Waals surface area contributed by atoms with E-state index in [9.17, 15) is 9.59 Å². The van der Waals surface area contributed by atoms with Crippen LogP contribution in [0.1, 0.15) is 30.3 Å². The van der Waals surface area contributed by atoms with Gasteiger partial charge in [0.1, 0.15) is 5.69 Å². The van der Waals surface area contributed by atoms with Crippen molar-refractivity contribution in [3.8, 4) is 5.69 Å². The van der Waals surface area contributed by atoms with Gasteiger partial charge < -0.3 is 10.0 Å². The lowest BCUT2D eigenvalue weighted by atomic mass is 10.1. The van der Waals surface area contributed by atoms with Gasteiger partial charge in [-0.2, -0.15) is 5.10 Å². The lowest BCUT2D eigenvalue weighted by molar-refractivity contribution is -0.141. The van der Waals surface area contributed by atoms with Gasteiger partial charge in [-0.25, -0.2) is 4.68 Å². The third-order valence-corrected chi connectivity index (χ3v) is 3.87. The Hall–Kier alpha value is -2.70. The molecule has 2 aromatic heterocycles. The Labute approximate surface area is 133 Å². The number of aromatic nitrogens is 3. The molecule has 0 aromatic carbocycles. The van der Waals surface area contributed by atoms with E-state index in [1.807, 2.05) is 0 Å². The van der Waals surface area contributed by atoms with E-state index in [0.717, 1.165) is 18.5 Å². The number of amides is 1. The second-order valence-corrected chi connectivity index (χ2v) is 5.78. The van der Waals surface area contributed by atoms with Crippen molar-refractivity contribution < 1.29 is 14.7 Å². The lowest BCUT2D eigenvalue weighted by Crippen LogP contribution is -2.39. The first kappa shape index (κ1) is 15.2. The molecule has 0 bridgehead atoms. The van der Waals surface area contributed by atoms with Crippen molar-refractivity contribution in [1.29, 1.82) is 0 Å². The van der Waals surface area contributed by atoms with E-state index in [0.29, 0.717) is 5.69 Å². The van der Waals surface area contributed by atoms with E-state index in [-0.39, 0.29) is 18.5 Å². The molecule has 1 amide bonds. The summed E-state index contributed by atoms with van der Waals surface area (Å²) in [5, 5.41) is 13.2. The summed E-state index contributed by atoms with van der Waals surface area (Å²) < 4.78 is 1.65. The minimum Gasteiger partial charge on any atom is -0.481 e. The average molecular weight is 314 g/mol. The normalized spacial score (nSPS) is 15.2. The number of nitrogens with zero attached hydrogens (tertiary/aromatic N) is 4. The molecule has 1 saturated carbocycles. The monoisotopic (exact) mass is 314 g/mol. The predicted octanol–water partition coefficient (Wildman–Crippen LogP) is 1.59. The molecule has 1 unspecified atom stereocenters. The van der Waals surface area contributed by atoms with Gasteiger partial charge in [-0.15, -0.1) is 0 Å². The molecule has 120 valence electrons. The van der Waals surface area contributed by atoms with E-state index in [1.54, 1.807) is 53.3 Å². The fraction of sp³-hybridized carbons (Fsp3) is 0.375. The summed E-state index contributed by atoms with van der Waals surface area (Å²) >= 11 is 0. The zero-order valence-electron chi connectivity index (χ0n) is 12.8. The number of carboxylic acids is 1. The molecule has 1 fully saturated rings. The van der Waals surface area contributed by atoms with Crippen molar-refractivity contribution in [2.75, 3.05) is 6.54 Å². The van der Waals surface area contributed by atoms with Crippen LogP contribution in [0.4, 0.5) is 0 Å². The molecule has 7 heteroatoms. The van der Waals surface area contributed by atoms with Crippen LogP contribution in [0, 0.1) is 5.92 Å². The van der Waals surface area contributed by atoms with E-state index >= 15 is 0 Å². The quantitative estimate of drug-likeness (QED) is 0.875. The summed E-state index contributed by atoms with van der Waals surface area (Å²) in [6.45, 7) is 1.81. The van der Waals surface area contributed by atoms with Gasteiger partial charge in [-0.1, -0.05) is 6.92 Å². The van der Waals surface area contributed by atoms with Crippen LogP contribution in [-0.4, -0.2) is 49.2 Å². The van der Waals surface area contributed by atoms with Crippen LogP contribution in [0.3, 0.4) is 0 Å². The summed E-state index contributed by atoms with van der Waals surface area (Å²) in [7, 11) is 0. The first-order chi connectivity index (χ1) is 11.1. The summed E-state index contributed by atoms with van der Waals surface area (Å²) in [6, 6.07) is 5.37. The minimum absolute atomic E-state index is 0.124. The van der Waals surface area contributed by atoms with Gasteiger partial charge in [0.2, 0.25) is 0 Å². The van der Waals surface area contributed by atoms with Crippen molar-refractivity contribution in [2.24, 2.45) is 5.92 Å². The maximum Gasteiger partial charge on any atom is 0.308 e. The molecule has 1 aliphatic carbocycles. The van der Waals surface area contributed by atoms with Crippen molar-refractivity contribution in [1.82, 2.24) is 19.7 Å². The van der Waals surface area contributed by atoms with Gasteiger partial charge in [0.25, 0.3) is 5.91 Å². The summed E-state index contributed by atoms with van der Waals surface area (Å²) in [6.07, 6.45) is 6.84.